The first-order valence-electron chi connectivity index (χ1n) is 5.96. The van der Waals surface area contributed by atoms with Crippen LogP contribution >= 0.6 is 0 Å². The van der Waals surface area contributed by atoms with Crippen LogP contribution in [0.15, 0.2) is 40.0 Å². The maximum absolute atomic E-state index is 11.6. The van der Waals surface area contributed by atoms with Crippen molar-refractivity contribution < 1.29 is 4.42 Å². The summed E-state index contributed by atoms with van der Waals surface area (Å²) in [6.45, 7) is 5.11. The van der Waals surface area contributed by atoms with Crippen molar-refractivity contribution >= 4 is 0 Å². The van der Waals surface area contributed by atoms with E-state index in [0.29, 0.717) is 13.1 Å². The highest BCUT2D eigenvalue weighted by molar-refractivity contribution is 5.02. The number of aryl methyl sites for hydroxylation is 1. The number of aromatic nitrogens is 2. The Labute approximate surface area is 105 Å². The van der Waals surface area contributed by atoms with E-state index in [0.717, 1.165) is 11.5 Å². The Balaban J connectivity index is 1.87. The molecule has 0 radical (unpaired) electrons. The van der Waals surface area contributed by atoms with Crippen LogP contribution in [0.1, 0.15) is 24.4 Å². The molecular formula is C13H17N3O2. The van der Waals surface area contributed by atoms with E-state index in [-0.39, 0.29) is 11.6 Å². The van der Waals surface area contributed by atoms with Crippen molar-refractivity contribution in [3.05, 3.63) is 52.6 Å². The minimum absolute atomic E-state index is 0.0186. The highest BCUT2D eigenvalue weighted by Crippen LogP contribution is 2.11. The van der Waals surface area contributed by atoms with Crippen molar-refractivity contribution in [2.24, 2.45) is 0 Å². The maximum atomic E-state index is 11.6. The van der Waals surface area contributed by atoms with Crippen LogP contribution in [-0.2, 0) is 6.54 Å². The van der Waals surface area contributed by atoms with Crippen molar-refractivity contribution in [1.82, 2.24) is 14.9 Å². The predicted octanol–water partition coefficient (Wildman–Crippen LogP) is 1.50. The second-order valence-corrected chi connectivity index (χ2v) is 4.25. The lowest BCUT2D eigenvalue weighted by Gasteiger charge is -2.11. The summed E-state index contributed by atoms with van der Waals surface area (Å²) in [4.78, 5) is 15.7. The average molecular weight is 247 g/mol. The Morgan fingerprint density at radius 1 is 1.56 bits per heavy atom. The first-order valence-corrected chi connectivity index (χ1v) is 5.96. The zero-order chi connectivity index (χ0) is 13.0. The molecule has 0 aromatic carbocycles. The number of hydrogen-bond donors (Lipinski definition) is 1. The van der Waals surface area contributed by atoms with Gasteiger partial charge in [0.15, 0.2) is 0 Å². The van der Waals surface area contributed by atoms with Gasteiger partial charge in [-0.1, -0.05) is 0 Å². The molecule has 2 aromatic rings. The first kappa shape index (κ1) is 12.6. The Kier molecular flexibility index (Phi) is 3.94. The van der Waals surface area contributed by atoms with Gasteiger partial charge in [0.2, 0.25) is 0 Å². The molecule has 2 rings (SSSR count). The number of hydrogen-bond acceptors (Lipinski definition) is 4. The molecule has 2 heterocycles. The lowest BCUT2D eigenvalue weighted by atomic mass is 10.2. The van der Waals surface area contributed by atoms with E-state index >= 15 is 0 Å². The molecule has 0 aliphatic carbocycles. The van der Waals surface area contributed by atoms with E-state index < -0.39 is 0 Å². The van der Waals surface area contributed by atoms with Crippen LogP contribution in [0.4, 0.5) is 0 Å². The molecule has 0 fully saturated rings. The third kappa shape index (κ3) is 3.07. The summed E-state index contributed by atoms with van der Waals surface area (Å²) in [6, 6.07) is 5.46. The van der Waals surface area contributed by atoms with Crippen molar-refractivity contribution in [3.8, 4) is 0 Å². The normalized spacial score (nSPS) is 12.6. The summed E-state index contributed by atoms with van der Waals surface area (Å²) in [5.41, 5.74) is 0.725. The second kappa shape index (κ2) is 5.64. The Bertz CT molecular complexity index is 546. The fourth-order valence-electron chi connectivity index (χ4n) is 1.72. The highest BCUT2D eigenvalue weighted by atomic mass is 16.3. The fourth-order valence-corrected chi connectivity index (χ4v) is 1.72. The smallest absolute Gasteiger partial charge is 0.253 e. The molecule has 5 heteroatoms. The summed E-state index contributed by atoms with van der Waals surface area (Å²) < 4.78 is 6.89. The molecule has 0 bridgehead atoms. The zero-order valence-electron chi connectivity index (χ0n) is 10.6. The molecule has 1 unspecified atom stereocenters. The molecule has 0 aliphatic rings. The first-order chi connectivity index (χ1) is 8.66. The zero-order valence-corrected chi connectivity index (χ0v) is 10.6. The van der Waals surface area contributed by atoms with Gasteiger partial charge in [-0.2, -0.15) is 0 Å². The highest BCUT2D eigenvalue weighted by Gasteiger charge is 2.06. The second-order valence-electron chi connectivity index (χ2n) is 4.25. The quantitative estimate of drug-likeness (QED) is 0.869. The molecule has 0 aliphatic heterocycles. The van der Waals surface area contributed by atoms with Gasteiger partial charge < -0.3 is 9.73 Å². The van der Waals surface area contributed by atoms with E-state index in [1.165, 1.54) is 6.07 Å². The Morgan fingerprint density at radius 3 is 3.06 bits per heavy atom. The molecule has 0 saturated carbocycles. The van der Waals surface area contributed by atoms with Crippen LogP contribution < -0.4 is 10.9 Å². The average Bonchev–Trinajstić information content (AvgIpc) is 2.85. The molecule has 0 saturated heterocycles. The molecule has 0 spiro atoms. The Hall–Kier alpha value is -1.88. The lowest BCUT2D eigenvalue weighted by molar-refractivity contribution is 0.422. The van der Waals surface area contributed by atoms with Gasteiger partial charge in [0.1, 0.15) is 5.76 Å². The summed E-state index contributed by atoms with van der Waals surface area (Å²) in [7, 11) is 0. The maximum Gasteiger partial charge on any atom is 0.253 e. The molecule has 2 aromatic heterocycles. The van der Waals surface area contributed by atoms with Gasteiger partial charge in [0.05, 0.1) is 18.6 Å². The van der Waals surface area contributed by atoms with Crippen LogP contribution in [0.5, 0.6) is 0 Å². The van der Waals surface area contributed by atoms with Crippen molar-refractivity contribution in [2.45, 2.75) is 26.4 Å². The van der Waals surface area contributed by atoms with Gasteiger partial charge in [-0.15, -0.1) is 0 Å². The van der Waals surface area contributed by atoms with E-state index in [9.17, 15) is 4.79 Å². The van der Waals surface area contributed by atoms with Crippen molar-refractivity contribution in [3.63, 3.8) is 0 Å². The number of furan rings is 1. The van der Waals surface area contributed by atoms with Gasteiger partial charge in [0.25, 0.3) is 5.56 Å². The number of nitrogens with one attached hydrogen (secondary N) is 1. The largest absolute Gasteiger partial charge is 0.468 e. The number of rotatable bonds is 5. The summed E-state index contributed by atoms with van der Waals surface area (Å²) in [6.07, 6.45) is 3.23. The number of nitrogens with zero attached hydrogens (tertiary/aromatic N) is 2. The van der Waals surface area contributed by atoms with Gasteiger partial charge in [-0.05, 0) is 26.0 Å². The van der Waals surface area contributed by atoms with E-state index in [1.54, 1.807) is 17.2 Å². The van der Waals surface area contributed by atoms with Crippen LogP contribution in [-0.4, -0.2) is 16.1 Å². The fraction of sp³-hybridized carbons (Fsp3) is 0.385. The lowest BCUT2D eigenvalue weighted by Crippen LogP contribution is -2.28. The monoisotopic (exact) mass is 247 g/mol. The van der Waals surface area contributed by atoms with Crippen molar-refractivity contribution in [2.75, 3.05) is 6.54 Å². The molecular weight excluding hydrogens is 230 g/mol. The summed E-state index contributed by atoms with van der Waals surface area (Å²) in [5, 5.41) is 3.29. The molecule has 1 atom stereocenters. The summed E-state index contributed by atoms with van der Waals surface area (Å²) >= 11 is 0. The Morgan fingerprint density at radius 2 is 2.39 bits per heavy atom. The minimum Gasteiger partial charge on any atom is -0.468 e. The molecule has 0 amide bonds. The third-order valence-electron chi connectivity index (χ3n) is 2.79. The SMILES string of the molecule is Cc1cc(=O)n(CCNC(C)c2ccco2)cn1. The van der Waals surface area contributed by atoms with Crippen LogP contribution in [0.2, 0.25) is 0 Å². The topological polar surface area (TPSA) is 60.1 Å². The predicted molar refractivity (Wildman–Crippen MR) is 68.4 cm³/mol. The van der Waals surface area contributed by atoms with Crippen LogP contribution in [0.3, 0.4) is 0 Å². The molecule has 18 heavy (non-hydrogen) atoms. The van der Waals surface area contributed by atoms with Gasteiger partial charge in [-0.25, -0.2) is 4.98 Å². The van der Waals surface area contributed by atoms with Crippen LogP contribution in [0.25, 0.3) is 0 Å². The van der Waals surface area contributed by atoms with E-state index in [4.69, 9.17) is 4.42 Å². The van der Waals surface area contributed by atoms with Crippen molar-refractivity contribution in [1.29, 1.82) is 0 Å². The third-order valence-corrected chi connectivity index (χ3v) is 2.79. The minimum atomic E-state index is -0.0186. The van der Waals surface area contributed by atoms with Gasteiger partial charge >= 0.3 is 0 Å². The van der Waals surface area contributed by atoms with Crippen LogP contribution in [0, 0.1) is 6.92 Å². The van der Waals surface area contributed by atoms with E-state index in [1.807, 2.05) is 26.0 Å². The molecule has 5 nitrogen and oxygen atoms in total. The van der Waals surface area contributed by atoms with Gasteiger partial charge in [-0.3, -0.25) is 9.36 Å². The summed E-state index contributed by atoms with van der Waals surface area (Å²) in [5.74, 6) is 0.893. The molecule has 96 valence electrons. The standard InChI is InChI=1S/C13H17N3O2/c1-10-8-13(17)16(9-15-10)6-5-14-11(2)12-4-3-7-18-12/h3-4,7-9,11,14H,5-6H2,1-2H3. The van der Waals surface area contributed by atoms with E-state index in [2.05, 4.69) is 10.3 Å². The molecule has 1 N–H and O–H groups in total. The van der Waals surface area contributed by atoms with Gasteiger partial charge in [0, 0.05) is 24.8 Å².